The van der Waals surface area contributed by atoms with Gasteiger partial charge in [0.1, 0.15) is 6.20 Å². The number of rotatable bonds is 6. The minimum atomic E-state index is -0.606. The third-order valence-electron chi connectivity index (χ3n) is 2.06. The van der Waals surface area contributed by atoms with Gasteiger partial charge in [-0.05, 0) is 18.0 Å². The molecule has 2 N–H and O–H groups in total. The SMILES string of the molecule is CCCC(O)CNc1nc(Cl)ncc1[N+](=O)[O-]. The Morgan fingerprint density at radius 2 is 2.41 bits per heavy atom. The third kappa shape index (κ3) is 4.12. The van der Waals surface area contributed by atoms with Crippen LogP contribution in [0.2, 0.25) is 5.28 Å². The lowest BCUT2D eigenvalue weighted by Crippen LogP contribution is -2.20. The number of aliphatic hydroxyl groups is 1. The van der Waals surface area contributed by atoms with Crippen LogP contribution in [0, 0.1) is 10.1 Å². The molecule has 1 aromatic heterocycles. The van der Waals surface area contributed by atoms with Crippen LogP contribution in [-0.2, 0) is 0 Å². The van der Waals surface area contributed by atoms with Gasteiger partial charge in [-0.3, -0.25) is 10.1 Å². The Hall–Kier alpha value is -1.47. The number of aliphatic hydroxyl groups excluding tert-OH is 1. The Kier molecular flexibility index (Phi) is 5.05. The van der Waals surface area contributed by atoms with Crippen molar-refractivity contribution in [2.24, 2.45) is 0 Å². The average Bonchev–Trinajstić information content (AvgIpc) is 2.26. The minimum absolute atomic E-state index is 0.0187. The molecule has 17 heavy (non-hydrogen) atoms. The minimum Gasteiger partial charge on any atom is -0.391 e. The molecule has 1 rings (SSSR count). The summed E-state index contributed by atoms with van der Waals surface area (Å²) >= 11 is 5.55. The monoisotopic (exact) mass is 260 g/mol. The molecule has 1 heterocycles. The topological polar surface area (TPSA) is 101 Å². The van der Waals surface area contributed by atoms with Gasteiger partial charge in [0.25, 0.3) is 0 Å². The van der Waals surface area contributed by atoms with E-state index in [9.17, 15) is 15.2 Å². The Morgan fingerprint density at radius 1 is 1.71 bits per heavy atom. The second-order valence-corrected chi connectivity index (χ2v) is 3.79. The van der Waals surface area contributed by atoms with Crippen LogP contribution in [0.3, 0.4) is 0 Å². The molecular weight excluding hydrogens is 248 g/mol. The van der Waals surface area contributed by atoms with Gasteiger partial charge in [0.15, 0.2) is 0 Å². The van der Waals surface area contributed by atoms with E-state index in [-0.39, 0.29) is 23.3 Å². The number of nitrogens with zero attached hydrogens (tertiary/aromatic N) is 3. The molecule has 0 aromatic carbocycles. The van der Waals surface area contributed by atoms with E-state index < -0.39 is 11.0 Å². The van der Waals surface area contributed by atoms with E-state index in [1.54, 1.807) is 0 Å². The molecule has 0 bridgehead atoms. The average molecular weight is 261 g/mol. The third-order valence-corrected chi connectivity index (χ3v) is 2.25. The van der Waals surface area contributed by atoms with Crippen molar-refractivity contribution in [3.63, 3.8) is 0 Å². The predicted molar refractivity (Wildman–Crippen MR) is 63.1 cm³/mol. The number of aromatic nitrogens is 2. The number of anilines is 1. The summed E-state index contributed by atoms with van der Waals surface area (Å²) in [6, 6.07) is 0. The van der Waals surface area contributed by atoms with Crippen molar-refractivity contribution in [3.05, 3.63) is 21.6 Å². The Labute approximate surface area is 103 Å². The fraction of sp³-hybridized carbons (Fsp3) is 0.556. The summed E-state index contributed by atoms with van der Waals surface area (Å²) in [4.78, 5) is 17.3. The van der Waals surface area contributed by atoms with E-state index in [1.165, 1.54) is 0 Å². The van der Waals surface area contributed by atoms with Crippen molar-refractivity contribution < 1.29 is 10.0 Å². The van der Waals surface area contributed by atoms with Crippen LogP contribution in [0.5, 0.6) is 0 Å². The van der Waals surface area contributed by atoms with Gasteiger partial charge in [0.2, 0.25) is 11.1 Å². The van der Waals surface area contributed by atoms with Gasteiger partial charge in [-0.15, -0.1) is 0 Å². The highest BCUT2D eigenvalue weighted by Gasteiger charge is 2.17. The van der Waals surface area contributed by atoms with Crippen LogP contribution < -0.4 is 5.32 Å². The lowest BCUT2D eigenvalue weighted by atomic mass is 10.2. The number of nitrogens with one attached hydrogen (secondary N) is 1. The molecule has 0 aliphatic rings. The van der Waals surface area contributed by atoms with Crippen molar-refractivity contribution >= 4 is 23.1 Å². The summed E-state index contributed by atoms with van der Waals surface area (Å²) in [7, 11) is 0. The first-order valence-corrected chi connectivity index (χ1v) is 5.51. The molecule has 1 aromatic rings. The van der Waals surface area contributed by atoms with Gasteiger partial charge >= 0.3 is 5.69 Å². The highest BCUT2D eigenvalue weighted by atomic mass is 35.5. The molecule has 0 spiro atoms. The van der Waals surface area contributed by atoms with Gasteiger partial charge < -0.3 is 10.4 Å². The van der Waals surface area contributed by atoms with Gasteiger partial charge in [-0.2, -0.15) is 4.98 Å². The zero-order valence-electron chi connectivity index (χ0n) is 9.26. The van der Waals surface area contributed by atoms with E-state index >= 15 is 0 Å². The first-order chi connectivity index (χ1) is 8.04. The van der Waals surface area contributed by atoms with Crippen molar-refractivity contribution in [2.75, 3.05) is 11.9 Å². The second kappa shape index (κ2) is 6.31. The predicted octanol–water partition coefficient (Wildman–Crippen LogP) is 1.61. The molecule has 0 aliphatic carbocycles. The smallest absolute Gasteiger partial charge is 0.329 e. The Morgan fingerprint density at radius 3 is 3.00 bits per heavy atom. The summed E-state index contributed by atoms with van der Waals surface area (Å²) in [5, 5.41) is 22.8. The zero-order valence-corrected chi connectivity index (χ0v) is 10.0. The van der Waals surface area contributed by atoms with E-state index in [0.29, 0.717) is 6.42 Å². The molecule has 0 saturated carbocycles. The van der Waals surface area contributed by atoms with Crippen LogP contribution in [0.1, 0.15) is 19.8 Å². The highest BCUT2D eigenvalue weighted by Crippen LogP contribution is 2.21. The van der Waals surface area contributed by atoms with Crippen molar-refractivity contribution in [1.29, 1.82) is 0 Å². The standard InChI is InChI=1S/C9H13ClN4O3/c1-2-3-6(15)4-11-8-7(14(16)17)5-12-9(10)13-8/h5-6,15H,2-4H2,1H3,(H,11,12,13). The van der Waals surface area contributed by atoms with Crippen molar-refractivity contribution in [1.82, 2.24) is 9.97 Å². The largest absolute Gasteiger partial charge is 0.391 e. The fourth-order valence-corrected chi connectivity index (χ4v) is 1.40. The zero-order chi connectivity index (χ0) is 12.8. The molecule has 0 amide bonds. The molecule has 0 radical (unpaired) electrons. The second-order valence-electron chi connectivity index (χ2n) is 3.45. The maximum absolute atomic E-state index is 10.7. The fourth-order valence-electron chi connectivity index (χ4n) is 1.27. The number of halogens is 1. The van der Waals surface area contributed by atoms with Gasteiger partial charge in [-0.25, -0.2) is 4.98 Å². The maximum atomic E-state index is 10.7. The molecule has 1 unspecified atom stereocenters. The summed E-state index contributed by atoms with van der Waals surface area (Å²) in [5.74, 6) is 0.0187. The first kappa shape index (κ1) is 13.6. The van der Waals surface area contributed by atoms with E-state index in [4.69, 9.17) is 11.6 Å². The molecule has 1 atom stereocenters. The molecular formula is C9H13ClN4O3. The van der Waals surface area contributed by atoms with E-state index in [1.807, 2.05) is 6.92 Å². The number of hydrogen-bond acceptors (Lipinski definition) is 6. The lowest BCUT2D eigenvalue weighted by Gasteiger charge is -2.10. The molecule has 94 valence electrons. The van der Waals surface area contributed by atoms with Gasteiger partial charge in [0.05, 0.1) is 11.0 Å². The Balaban J connectivity index is 2.75. The quantitative estimate of drug-likeness (QED) is 0.458. The number of hydrogen-bond donors (Lipinski definition) is 2. The molecule has 0 fully saturated rings. The van der Waals surface area contributed by atoms with Gasteiger partial charge in [-0.1, -0.05) is 13.3 Å². The van der Waals surface area contributed by atoms with Gasteiger partial charge in [0, 0.05) is 6.54 Å². The van der Waals surface area contributed by atoms with Crippen LogP contribution in [0.25, 0.3) is 0 Å². The molecule has 7 nitrogen and oxygen atoms in total. The summed E-state index contributed by atoms with van der Waals surface area (Å²) in [6.45, 7) is 2.12. The number of nitro groups is 1. The summed E-state index contributed by atoms with van der Waals surface area (Å²) in [6.07, 6.45) is 1.90. The van der Waals surface area contributed by atoms with E-state index in [0.717, 1.165) is 12.6 Å². The van der Waals surface area contributed by atoms with Crippen molar-refractivity contribution in [3.8, 4) is 0 Å². The molecule has 8 heteroatoms. The van der Waals surface area contributed by atoms with Crippen molar-refractivity contribution in [2.45, 2.75) is 25.9 Å². The summed E-state index contributed by atoms with van der Waals surface area (Å²) < 4.78 is 0. The van der Waals surface area contributed by atoms with Crippen LogP contribution >= 0.6 is 11.6 Å². The summed E-state index contributed by atoms with van der Waals surface area (Å²) in [5.41, 5.74) is -0.266. The molecule has 0 saturated heterocycles. The lowest BCUT2D eigenvalue weighted by molar-refractivity contribution is -0.384. The normalized spacial score (nSPS) is 12.2. The first-order valence-electron chi connectivity index (χ1n) is 5.13. The van der Waals surface area contributed by atoms with Crippen LogP contribution in [0.4, 0.5) is 11.5 Å². The maximum Gasteiger partial charge on any atom is 0.329 e. The van der Waals surface area contributed by atoms with Crippen LogP contribution in [0.15, 0.2) is 6.20 Å². The van der Waals surface area contributed by atoms with Crippen LogP contribution in [-0.4, -0.2) is 32.6 Å². The Bertz CT molecular complexity index is 402. The molecule has 0 aliphatic heterocycles. The highest BCUT2D eigenvalue weighted by molar-refractivity contribution is 6.28. The van der Waals surface area contributed by atoms with E-state index in [2.05, 4.69) is 15.3 Å².